The van der Waals surface area contributed by atoms with E-state index in [1.165, 1.54) is 6.20 Å². The third-order valence-corrected chi connectivity index (χ3v) is 2.40. The number of rotatable bonds is 2. The summed E-state index contributed by atoms with van der Waals surface area (Å²) in [7, 11) is 0. The van der Waals surface area contributed by atoms with Crippen molar-refractivity contribution in [2.24, 2.45) is 0 Å². The SMILES string of the molecule is CC(C)(C#N)n1cc(-c2cnc(N)cn2)cn1. The average molecular weight is 228 g/mol. The fourth-order valence-corrected chi connectivity index (χ4v) is 1.30. The molecule has 0 radical (unpaired) electrons. The van der Waals surface area contributed by atoms with Crippen molar-refractivity contribution in [2.75, 3.05) is 5.73 Å². The van der Waals surface area contributed by atoms with Crippen LogP contribution in [0.25, 0.3) is 11.3 Å². The molecule has 2 N–H and O–H groups in total. The first-order valence-electron chi connectivity index (χ1n) is 5.07. The lowest BCUT2D eigenvalue weighted by molar-refractivity contribution is 0.418. The van der Waals surface area contributed by atoms with Crippen molar-refractivity contribution in [1.82, 2.24) is 19.7 Å². The van der Waals surface area contributed by atoms with Gasteiger partial charge in [0.2, 0.25) is 0 Å². The zero-order chi connectivity index (χ0) is 12.5. The molecule has 0 atom stereocenters. The van der Waals surface area contributed by atoms with Crippen LogP contribution in [0, 0.1) is 11.3 Å². The van der Waals surface area contributed by atoms with Crippen molar-refractivity contribution >= 4 is 5.82 Å². The molecule has 2 aromatic heterocycles. The standard InChI is InChI=1S/C11H12N6/c1-11(2,7-12)17-6-8(3-16-17)9-4-15-10(13)5-14-9/h3-6H,1-2H3,(H2,13,15). The van der Waals surface area contributed by atoms with Gasteiger partial charge in [-0.2, -0.15) is 10.4 Å². The Morgan fingerprint density at radius 2 is 2.06 bits per heavy atom. The normalized spacial score (nSPS) is 11.1. The molecule has 0 bridgehead atoms. The molecule has 17 heavy (non-hydrogen) atoms. The van der Waals surface area contributed by atoms with Gasteiger partial charge in [0.25, 0.3) is 0 Å². The molecular weight excluding hydrogens is 216 g/mol. The fraction of sp³-hybridized carbons (Fsp3) is 0.273. The highest BCUT2D eigenvalue weighted by Crippen LogP contribution is 2.19. The second kappa shape index (κ2) is 3.87. The third-order valence-electron chi connectivity index (χ3n) is 2.40. The second-order valence-electron chi connectivity index (χ2n) is 4.17. The highest BCUT2D eigenvalue weighted by atomic mass is 15.3. The van der Waals surface area contributed by atoms with Crippen LogP contribution in [0.3, 0.4) is 0 Å². The largest absolute Gasteiger partial charge is 0.382 e. The lowest BCUT2D eigenvalue weighted by Crippen LogP contribution is -2.24. The lowest BCUT2D eigenvalue weighted by atomic mass is 10.1. The Labute approximate surface area is 98.7 Å². The predicted molar refractivity (Wildman–Crippen MR) is 62.6 cm³/mol. The van der Waals surface area contributed by atoms with E-state index in [2.05, 4.69) is 21.1 Å². The van der Waals surface area contributed by atoms with Crippen LogP contribution >= 0.6 is 0 Å². The van der Waals surface area contributed by atoms with E-state index in [1.54, 1.807) is 37.1 Å². The minimum Gasteiger partial charge on any atom is -0.382 e. The molecule has 2 heterocycles. The van der Waals surface area contributed by atoms with Crippen LogP contribution in [0.2, 0.25) is 0 Å². The van der Waals surface area contributed by atoms with E-state index in [9.17, 15) is 0 Å². The van der Waals surface area contributed by atoms with E-state index >= 15 is 0 Å². The molecule has 6 nitrogen and oxygen atoms in total. The summed E-state index contributed by atoms with van der Waals surface area (Å²) in [5.74, 6) is 0.374. The van der Waals surface area contributed by atoms with Crippen molar-refractivity contribution in [3.63, 3.8) is 0 Å². The van der Waals surface area contributed by atoms with Crippen molar-refractivity contribution in [2.45, 2.75) is 19.4 Å². The van der Waals surface area contributed by atoms with Gasteiger partial charge >= 0.3 is 0 Å². The van der Waals surface area contributed by atoms with Crippen LogP contribution in [0.15, 0.2) is 24.8 Å². The molecule has 0 saturated carbocycles. The van der Waals surface area contributed by atoms with Crippen molar-refractivity contribution in [3.05, 3.63) is 24.8 Å². The number of nitrogens with two attached hydrogens (primary N) is 1. The van der Waals surface area contributed by atoms with Gasteiger partial charge in [-0.3, -0.25) is 9.67 Å². The van der Waals surface area contributed by atoms with Crippen molar-refractivity contribution < 1.29 is 0 Å². The van der Waals surface area contributed by atoms with Gasteiger partial charge in [0.15, 0.2) is 0 Å². The van der Waals surface area contributed by atoms with Gasteiger partial charge in [-0.1, -0.05) is 0 Å². The monoisotopic (exact) mass is 228 g/mol. The zero-order valence-electron chi connectivity index (χ0n) is 9.62. The van der Waals surface area contributed by atoms with Gasteiger partial charge < -0.3 is 5.73 Å². The molecular formula is C11H12N6. The van der Waals surface area contributed by atoms with Gasteiger partial charge in [-0.15, -0.1) is 0 Å². The van der Waals surface area contributed by atoms with Crippen LogP contribution in [0.5, 0.6) is 0 Å². The number of aromatic nitrogens is 4. The molecule has 0 unspecified atom stereocenters. The molecule has 0 fully saturated rings. The first kappa shape index (κ1) is 11.1. The summed E-state index contributed by atoms with van der Waals surface area (Å²) >= 11 is 0. The Bertz CT molecular complexity index is 560. The number of anilines is 1. The van der Waals surface area contributed by atoms with E-state index in [0.717, 1.165) is 5.56 Å². The maximum absolute atomic E-state index is 9.01. The molecule has 0 spiro atoms. The molecule has 0 aromatic carbocycles. The summed E-state index contributed by atoms with van der Waals surface area (Å²) in [5.41, 5.74) is 6.27. The zero-order valence-corrected chi connectivity index (χ0v) is 9.62. The maximum atomic E-state index is 9.01. The topological polar surface area (TPSA) is 93.4 Å². The number of nitrogen functional groups attached to an aromatic ring is 1. The van der Waals surface area contributed by atoms with Crippen LogP contribution in [0.4, 0.5) is 5.82 Å². The highest BCUT2D eigenvalue weighted by Gasteiger charge is 2.20. The minimum atomic E-state index is -0.681. The van der Waals surface area contributed by atoms with Gasteiger partial charge in [0, 0.05) is 11.8 Å². The molecule has 0 saturated heterocycles. The molecule has 6 heteroatoms. The Kier molecular flexibility index (Phi) is 2.52. The van der Waals surface area contributed by atoms with Crippen LogP contribution < -0.4 is 5.73 Å². The van der Waals surface area contributed by atoms with Crippen molar-refractivity contribution in [1.29, 1.82) is 5.26 Å². The van der Waals surface area contributed by atoms with Crippen molar-refractivity contribution in [3.8, 4) is 17.3 Å². The number of hydrogen-bond acceptors (Lipinski definition) is 5. The molecule has 2 aromatic rings. The quantitative estimate of drug-likeness (QED) is 0.833. The number of nitrogens with zero attached hydrogens (tertiary/aromatic N) is 5. The summed E-state index contributed by atoms with van der Waals surface area (Å²) in [6.07, 6.45) is 6.49. The maximum Gasteiger partial charge on any atom is 0.143 e. The van der Waals surface area contributed by atoms with E-state index in [1.807, 2.05) is 0 Å². The average Bonchev–Trinajstić information content (AvgIpc) is 2.80. The predicted octanol–water partition coefficient (Wildman–Crippen LogP) is 1.18. The second-order valence-corrected chi connectivity index (χ2v) is 4.17. The number of nitriles is 1. The lowest BCUT2D eigenvalue weighted by Gasteiger charge is -2.15. The van der Waals surface area contributed by atoms with Gasteiger partial charge in [0.05, 0.1) is 30.4 Å². The van der Waals surface area contributed by atoms with Crippen LogP contribution in [0.1, 0.15) is 13.8 Å². The number of hydrogen-bond donors (Lipinski definition) is 1. The smallest absolute Gasteiger partial charge is 0.143 e. The van der Waals surface area contributed by atoms with E-state index < -0.39 is 5.54 Å². The van der Waals surface area contributed by atoms with E-state index in [0.29, 0.717) is 11.5 Å². The fourth-order valence-electron chi connectivity index (χ4n) is 1.30. The van der Waals surface area contributed by atoms with Gasteiger partial charge in [-0.25, -0.2) is 4.98 Å². The third kappa shape index (κ3) is 2.08. The molecule has 0 aliphatic rings. The van der Waals surface area contributed by atoms with E-state index in [-0.39, 0.29) is 0 Å². The molecule has 0 aliphatic heterocycles. The summed E-state index contributed by atoms with van der Waals surface area (Å²) < 4.78 is 1.60. The first-order valence-corrected chi connectivity index (χ1v) is 5.07. The Morgan fingerprint density at radius 3 is 2.65 bits per heavy atom. The van der Waals surface area contributed by atoms with E-state index in [4.69, 9.17) is 11.0 Å². The summed E-state index contributed by atoms with van der Waals surface area (Å²) in [6.45, 7) is 3.58. The van der Waals surface area contributed by atoms with Gasteiger partial charge in [0.1, 0.15) is 11.4 Å². The summed E-state index contributed by atoms with van der Waals surface area (Å²) in [4.78, 5) is 8.11. The molecule has 0 amide bonds. The summed E-state index contributed by atoms with van der Waals surface area (Å²) in [5, 5.41) is 13.2. The molecule has 86 valence electrons. The van der Waals surface area contributed by atoms with Crippen LogP contribution in [-0.4, -0.2) is 19.7 Å². The Balaban J connectivity index is 2.37. The first-order chi connectivity index (χ1) is 8.03. The van der Waals surface area contributed by atoms with Crippen LogP contribution in [-0.2, 0) is 5.54 Å². The summed E-state index contributed by atoms with van der Waals surface area (Å²) in [6, 6.07) is 2.18. The molecule has 0 aliphatic carbocycles. The Hall–Kier alpha value is -2.42. The highest BCUT2D eigenvalue weighted by molar-refractivity contribution is 5.56. The Morgan fingerprint density at radius 1 is 1.29 bits per heavy atom. The molecule has 2 rings (SSSR count). The van der Waals surface area contributed by atoms with Gasteiger partial charge in [-0.05, 0) is 13.8 Å². The minimum absolute atomic E-state index is 0.374.